The molecule has 0 radical (unpaired) electrons. The van der Waals surface area contributed by atoms with E-state index in [9.17, 15) is 9.59 Å². The highest BCUT2D eigenvalue weighted by Crippen LogP contribution is 2.28. The molecule has 0 aliphatic rings. The number of esters is 1. The lowest BCUT2D eigenvalue weighted by Crippen LogP contribution is -2.25. The fourth-order valence-corrected chi connectivity index (χ4v) is 4.23. The van der Waals surface area contributed by atoms with Gasteiger partial charge in [-0.15, -0.1) is 0 Å². The van der Waals surface area contributed by atoms with Crippen molar-refractivity contribution in [1.29, 1.82) is 0 Å². The summed E-state index contributed by atoms with van der Waals surface area (Å²) >= 11 is 0. The maximum absolute atomic E-state index is 12.7. The Hall–Kier alpha value is -3.94. The molecule has 8 heteroatoms. The fraction of sp³-hybridized carbons (Fsp3) is 0.419. The quantitative estimate of drug-likeness (QED) is 0.280. The van der Waals surface area contributed by atoms with Gasteiger partial charge in [0, 0.05) is 37.6 Å². The minimum absolute atomic E-state index is 0.0787. The van der Waals surface area contributed by atoms with Crippen molar-refractivity contribution in [2.24, 2.45) is 5.92 Å². The molecule has 39 heavy (non-hydrogen) atoms. The number of ketones is 1. The van der Waals surface area contributed by atoms with Crippen LogP contribution in [0.2, 0.25) is 0 Å². The molecule has 1 aromatic heterocycles. The van der Waals surface area contributed by atoms with Gasteiger partial charge in [0.1, 0.15) is 11.4 Å². The lowest BCUT2D eigenvalue weighted by Gasteiger charge is -2.20. The van der Waals surface area contributed by atoms with Crippen molar-refractivity contribution in [3.8, 4) is 22.8 Å². The second kappa shape index (κ2) is 13.7. The largest absolute Gasteiger partial charge is 0.493 e. The van der Waals surface area contributed by atoms with Crippen molar-refractivity contribution in [3.05, 3.63) is 65.9 Å². The molecule has 1 unspecified atom stereocenters. The summed E-state index contributed by atoms with van der Waals surface area (Å²) in [7, 11) is 3.24. The minimum Gasteiger partial charge on any atom is -0.493 e. The molecular weight excluding hydrogens is 494 g/mol. The molecule has 0 fully saturated rings. The number of methoxy groups -OCH3 is 2. The number of carbonyl (C=O) groups is 2. The van der Waals surface area contributed by atoms with Gasteiger partial charge in [-0.3, -0.25) is 9.59 Å². The number of carbonyl (C=O) groups excluding carboxylic acids is 2. The molecular formula is C31H39N3O5. The van der Waals surface area contributed by atoms with Crippen molar-refractivity contribution in [2.45, 2.75) is 59.0 Å². The first-order valence-electron chi connectivity index (χ1n) is 13.2. The normalized spacial score (nSPS) is 11.9. The molecule has 8 nitrogen and oxygen atoms in total. The molecule has 3 rings (SSSR count). The first-order chi connectivity index (χ1) is 18.6. The topological polar surface area (TPSA) is 99.6 Å². The Bertz CT molecular complexity index is 1270. The highest BCUT2D eigenvalue weighted by Gasteiger charge is 2.20. The Morgan fingerprint density at radius 2 is 1.72 bits per heavy atom. The van der Waals surface area contributed by atoms with E-state index in [0.717, 1.165) is 28.8 Å². The second-order valence-corrected chi connectivity index (χ2v) is 10.6. The van der Waals surface area contributed by atoms with Crippen LogP contribution in [0.3, 0.4) is 0 Å². The van der Waals surface area contributed by atoms with Gasteiger partial charge in [0.05, 0.1) is 19.9 Å². The van der Waals surface area contributed by atoms with E-state index in [4.69, 9.17) is 14.2 Å². The predicted octanol–water partition coefficient (Wildman–Crippen LogP) is 5.69. The summed E-state index contributed by atoms with van der Waals surface area (Å²) in [4.78, 5) is 33.8. The third kappa shape index (κ3) is 9.71. The van der Waals surface area contributed by atoms with Gasteiger partial charge in [-0.05, 0) is 68.5 Å². The Morgan fingerprint density at radius 3 is 2.44 bits per heavy atom. The third-order valence-corrected chi connectivity index (χ3v) is 5.94. The Labute approximate surface area is 231 Å². The number of hydrogen-bond donors (Lipinski definition) is 1. The average Bonchev–Trinajstić information content (AvgIpc) is 2.87. The summed E-state index contributed by atoms with van der Waals surface area (Å²) in [5, 5.41) is 3.28. The van der Waals surface area contributed by atoms with Gasteiger partial charge in [0.25, 0.3) is 0 Å². The van der Waals surface area contributed by atoms with Crippen LogP contribution in [0.5, 0.6) is 11.5 Å². The highest BCUT2D eigenvalue weighted by atomic mass is 16.6. The molecule has 0 amide bonds. The number of anilines is 1. The van der Waals surface area contributed by atoms with E-state index in [0.29, 0.717) is 36.8 Å². The number of nitrogens with zero attached hydrogens (tertiary/aromatic N) is 2. The molecule has 0 aliphatic carbocycles. The third-order valence-electron chi connectivity index (χ3n) is 5.94. The SMILES string of the molecule is COc1ccc(CCNc2nccc(-c3cccc(CC(=O)CC(C)CC(=O)OC(C)(C)C)c3)n2)cc1OC. The Kier molecular flexibility index (Phi) is 10.4. The molecule has 3 aromatic rings. The van der Waals surface area contributed by atoms with Crippen molar-refractivity contribution < 1.29 is 23.8 Å². The molecule has 2 aromatic carbocycles. The van der Waals surface area contributed by atoms with E-state index in [1.807, 2.05) is 76.2 Å². The van der Waals surface area contributed by atoms with Crippen LogP contribution >= 0.6 is 0 Å². The van der Waals surface area contributed by atoms with Gasteiger partial charge in [0.2, 0.25) is 5.95 Å². The van der Waals surface area contributed by atoms with Gasteiger partial charge >= 0.3 is 5.97 Å². The number of benzene rings is 2. The van der Waals surface area contributed by atoms with Crippen LogP contribution in [0, 0.1) is 5.92 Å². The number of nitrogens with one attached hydrogen (secondary N) is 1. The number of Topliss-reactive ketones (excluding diaryl/α,β-unsaturated/α-hetero) is 1. The molecule has 0 spiro atoms. The number of rotatable bonds is 13. The van der Waals surface area contributed by atoms with Crippen LogP contribution in [-0.4, -0.2) is 48.1 Å². The standard InChI is InChI=1S/C31H39N3O5/c1-21(17-29(36)39-31(2,3)4)16-25(35)19-23-8-7-9-24(18-23)26-13-15-33-30(34-26)32-14-12-22-10-11-27(37-5)28(20-22)38-6/h7-11,13,15,18,20-21H,12,14,16-17,19H2,1-6H3,(H,32,33,34). The first kappa shape index (κ1) is 29.6. The summed E-state index contributed by atoms with van der Waals surface area (Å²) in [5.41, 5.74) is 3.17. The van der Waals surface area contributed by atoms with Gasteiger partial charge in [0.15, 0.2) is 11.5 Å². The van der Waals surface area contributed by atoms with Gasteiger partial charge in [-0.25, -0.2) is 9.97 Å². The molecule has 1 heterocycles. The Balaban J connectivity index is 1.56. The van der Waals surface area contributed by atoms with Crippen LogP contribution in [0.4, 0.5) is 5.95 Å². The van der Waals surface area contributed by atoms with E-state index in [2.05, 4.69) is 15.3 Å². The zero-order chi connectivity index (χ0) is 28.4. The van der Waals surface area contributed by atoms with Crippen molar-refractivity contribution in [3.63, 3.8) is 0 Å². The molecule has 0 saturated heterocycles. The van der Waals surface area contributed by atoms with Gasteiger partial charge < -0.3 is 19.5 Å². The summed E-state index contributed by atoms with van der Waals surface area (Å²) < 4.78 is 16.0. The molecule has 0 aliphatic heterocycles. The summed E-state index contributed by atoms with van der Waals surface area (Å²) in [6, 6.07) is 15.5. The molecule has 208 valence electrons. The smallest absolute Gasteiger partial charge is 0.306 e. The minimum atomic E-state index is -0.525. The lowest BCUT2D eigenvalue weighted by atomic mass is 9.96. The van der Waals surface area contributed by atoms with Gasteiger partial charge in [-0.2, -0.15) is 0 Å². The monoisotopic (exact) mass is 533 g/mol. The summed E-state index contributed by atoms with van der Waals surface area (Å²) in [6.07, 6.45) is 3.33. The highest BCUT2D eigenvalue weighted by molar-refractivity contribution is 5.82. The Morgan fingerprint density at radius 1 is 0.949 bits per heavy atom. The molecule has 1 atom stereocenters. The molecule has 0 bridgehead atoms. The van der Waals surface area contributed by atoms with Crippen LogP contribution in [-0.2, 0) is 27.2 Å². The van der Waals surface area contributed by atoms with E-state index in [-0.39, 0.29) is 24.1 Å². The van der Waals surface area contributed by atoms with Crippen LogP contribution in [0.15, 0.2) is 54.7 Å². The van der Waals surface area contributed by atoms with Crippen LogP contribution < -0.4 is 14.8 Å². The van der Waals surface area contributed by atoms with E-state index < -0.39 is 5.60 Å². The second-order valence-electron chi connectivity index (χ2n) is 10.6. The maximum atomic E-state index is 12.7. The van der Waals surface area contributed by atoms with Crippen LogP contribution in [0.25, 0.3) is 11.3 Å². The average molecular weight is 534 g/mol. The summed E-state index contributed by atoms with van der Waals surface area (Å²) in [6.45, 7) is 8.06. The predicted molar refractivity (Wildman–Crippen MR) is 152 cm³/mol. The van der Waals surface area contributed by atoms with Crippen LogP contribution in [0.1, 0.15) is 51.7 Å². The molecule has 1 N–H and O–H groups in total. The zero-order valence-corrected chi connectivity index (χ0v) is 23.7. The fourth-order valence-electron chi connectivity index (χ4n) is 4.23. The van der Waals surface area contributed by atoms with Crippen molar-refractivity contribution in [1.82, 2.24) is 9.97 Å². The molecule has 0 saturated carbocycles. The van der Waals surface area contributed by atoms with Crippen molar-refractivity contribution >= 4 is 17.7 Å². The zero-order valence-electron chi connectivity index (χ0n) is 23.7. The first-order valence-corrected chi connectivity index (χ1v) is 13.2. The van der Waals surface area contributed by atoms with E-state index in [1.165, 1.54) is 0 Å². The van der Waals surface area contributed by atoms with E-state index >= 15 is 0 Å². The maximum Gasteiger partial charge on any atom is 0.306 e. The number of aromatic nitrogens is 2. The van der Waals surface area contributed by atoms with E-state index in [1.54, 1.807) is 20.4 Å². The van der Waals surface area contributed by atoms with Gasteiger partial charge in [-0.1, -0.05) is 31.2 Å². The lowest BCUT2D eigenvalue weighted by molar-refractivity contribution is -0.155. The number of hydrogen-bond acceptors (Lipinski definition) is 8. The summed E-state index contributed by atoms with van der Waals surface area (Å²) in [5.74, 6) is 1.66. The van der Waals surface area contributed by atoms with Crippen molar-refractivity contribution in [2.75, 3.05) is 26.1 Å². The number of ether oxygens (including phenoxy) is 3.